The summed E-state index contributed by atoms with van der Waals surface area (Å²) in [5.74, 6) is -0.0666. The van der Waals surface area contributed by atoms with Gasteiger partial charge in [0, 0.05) is 25.4 Å². The summed E-state index contributed by atoms with van der Waals surface area (Å²) in [6, 6.07) is 5.59. The van der Waals surface area contributed by atoms with Crippen molar-refractivity contribution in [2.24, 2.45) is 0 Å². The van der Waals surface area contributed by atoms with Gasteiger partial charge in [-0.1, -0.05) is 0 Å². The molecular formula is C15H18FN3O2. The van der Waals surface area contributed by atoms with Crippen molar-refractivity contribution in [2.75, 3.05) is 7.05 Å². The fourth-order valence-corrected chi connectivity index (χ4v) is 2.01. The number of likely N-dealkylation sites (N-methyl/N-ethyl adjacent to an activating group) is 1. The molecule has 1 aromatic heterocycles. The van der Waals surface area contributed by atoms with E-state index >= 15 is 0 Å². The van der Waals surface area contributed by atoms with E-state index in [1.54, 1.807) is 38.2 Å². The summed E-state index contributed by atoms with van der Waals surface area (Å²) in [5, 5.41) is 6.55. The molecule has 1 amide bonds. The molecule has 1 aromatic carbocycles. The van der Waals surface area contributed by atoms with Gasteiger partial charge in [0.25, 0.3) is 5.91 Å². The van der Waals surface area contributed by atoms with E-state index in [0.717, 1.165) is 5.56 Å². The average Bonchev–Trinajstić information content (AvgIpc) is 2.93. The van der Waals surface area contributed by atoms with Crippen molar-refractivity contribution in [3.05, 3.63) is 48.0 Å². The topological polar surface area (TPSA) is 58.2 Å². The molecule has 0 atom stereocenters. The normalized spacial score (nSPS) is 11.2. The van der Waals surface area contributed by atoms with Crippen molar-refractivity contribution in [2.45, 2.75) is 26.0 Å². The molecule has 112 valence electrons. The second-order valence-electron chi connectivity index (χ2n) is 5.33. The van der Waals surface area contributed by atoms with Crippen LogP contribution in [-0.2, 0) is 11.3 Å². The number of nitrogens with one attached hydrogen (secondary N) is 1. The second kappa shape index (κ2) is 5.95. The number of hydrogen-bond donors (Lipinski definition) is 1. The monoisotopic (exact) mass is 291 g/mol. The zero-order valence-electron chi connectivity index (χ0n) is 12.3. The van der Waals surface area contributed by atoms with E-state index in [0.29, 0.717) is 12.3 Å². The van der Waals surface area contributed by atoms with E-state index in [2.05, 4.69) is 10.2 Å². The van der Waals surface area contributed by atoms with Gasteiger partial charge in [0.2, 0.25) is 0 Å². The molecule has 5 nitrogen and oxygen atoms in total. The largest absolute Gasteiger partial charge is 0.478 e. The predicted molar refractivity (Wildman–Crippen MR) is 76.2 cm³/mol. The van der Waals surface area contributed by atoms with Gasteiger partial charge in [-0.25, -0.2) is 4.39 Å². The third-order valence-electron chi connectivity index (χ3n) is 3.02. The predicted octanol–water partition coefficient (Wildman–Crippen LogP) is 2.36. The Morgan fingerprint density at radius 3 is 2.62 bits per heavy atom. The average molecular weight is 291 g/mol. The molecule has 2 aromatic rings. The molecule has 0 aliphatic carbocycles. The Balaban J connectivity index is 2.03. The number of rotatable bonds is 5. The third kappa shape index (κ3) is 3.81. The highest BCUT2D eigenvalue weighted by Gasteiger charge is 2.32. The van der Waals surface area contributed by atoms with E-state index in [1.165, 1.54) is 24.3 Å². The molecule has 1 heterocycles. The Labute approximate surface area is 122 Å². The van der Waals surface area contributed by atoms with E-state index in [-0.39, 0.29) is 11.7 Å². The summed E-state index contributed by atoms with van der Waals surface area (Å²) in [6.45, 7) is 3.81. The van der Waals surface area contributed by atoms with Crippen molar-refractivity contribution >= 4 is 5.91 Å². The molecule has 0 aliphatic rings. The molecule has 2 rings (SSSR count). The summed E-state index contributed by atoms with van der Waals surface area (Å²) >= 11 is 0. The maximum atomic E-state index is 12.9. The summed E-state index contributed by atoms with van der Waals surface area (Å²) in [4.78, 5) is 14.0. The van der Waals surface area contributed by atoms with Gasteiger partial charge in [-0.05, 0) is 38.1 Å². The lowest BCUT2D eigenvalue weighted by Crippen LogP contribution is -2.47. The van der Waals surface area contributed by atoms with Crippen LogP contribution in [0.15, 0.2) is 36.7 Å². The van der Waals surface area contributed by atoms with Crippen LogP contribution in [0.4, 0.5) is 4.39 Å². The molecular weight excluding hydrogens is 273 g/mol. The van der Waals surface area contributed by atoms with Crippen LogP contribution in [0.25, 0.3) is 0 Å². The van der Waals surface area contributed by atoms with Gasteiger partial charge in [0.1, 0.15) is 11.6 Å². The summed E-state index contributed by atoms with van der Waals surface area (Å²) in [7, 11) is 1.70. The Morgan fingerprint density at radius 1 is 1.38 bits per heavy atom. The van der Waals surface area contributed by atoms with Crippen LogP contribution < -0.4 is 4.74 Å². The zero-order valence-corrected chi connectivity index (χ0v) is 12.3. The minimum absolute atomic E-state index is 0.173. The first-order valence-corrected chi connectivity index (χ1v) is 6.56. The number of benzene rings is 1. The van der Waals surface area contributed by atoms with E-state index in [9.17, 15) is 9.18 Å². The maximum Gasteiger partial charge on any atom is 0.266 e. The van der Waals surface area contributed by atoms with Crippen LogP contribution in [0.2, 0.25) is 0 Å². The van der Waals surface area contributed by atoms with Crippen molar-refractivity contribution in [3.63, 3.8) is 0 Å². The first kappa shape index (κ1) is 15.0. The van der Waals surface area contributed by atoms with Gasteiger partial charge in [-0.2, -0.15) is 5.10 Å². The third-order valence-corrected chi connectivity index (χ3v) is 3.02. The lowest BCUT2D eigenvalue weighted by Gasteiger charge is -2.30. The van der Waals surface area contributed by atoms with Gasteiger partial charge < -0.3 is 9.64 Å². The van der Waals surface area contributed by atoms with Crippen LogP contribution in [0.5, 0.6) is 5.75 Å². The van der Waals surface area contributed by atoms with Crippen molar-refractivity contribution in [1.29, 1.82) is 0 Å². The quantitative estimate of drug-likeness (QED) is 0.920. The molecule has 21 heavy (non-hydrogen) atoms. The highest BCUT2D eigenvalue weighted by molar-refractivity contribution is 5.84. The lowest BCUT2D eigenvalue weighted by molar-refractivity contribution is -0.144. The number of carbonyl (C=O) groups is 1. The fourth-order valence-electron chi connectivity index (χ4n) is 2.01. The number of hydrogen-bond acceptors (Lipinski definition) is 3. The summed E-state index contributed by atoms with van der Waals surface area (Å²) in [6.07, 6.45) is 3.40. The van der Waals surface area contributed by atoms with E-state index < -0.39 is 5.60 Å². The minimum Gasteiger partial charge on any atom is -0.478 e. The van der Waals surface area contributed by atoms with Gasteiger partial charge in [0.15, 0.2) is 5.60 Å². The first-order chi connectivity index (χ1) is 9.88. The summed E-state index contributed by atoms with van der Waals surface area (Å²) in [5.41, 5.74) is -0.139. The van der Waals surface area contributed by atoms with Crippen LogP contribution in [0.3, 0.4) is 0 Å². The Kier molecular flexibility index (Phi) is 4.26. The van der Waals surface area contributed by atoms with Gasteiger partial charge in [-0.3, -0.25) is 9.89 Å². The standard InChI is InChI=1S/C15H18FN3O2/c1-15(2,21-13-6-4-12(16)5-7-13)14(20)19(3)10-11-8-17-18-9-11/h4-9H,10H2,1-3H3,(H,17,18). The maximum absolute atomic E-state index is 12.9. The van der Waals surface area contributed by atoms with Crippen molar-refractivity contribution in [1.82, 2.24) is 15.1 Å². The number of H-pyrrole nitrogens is 1. The number of nitrogens with zero attached hydrogens (tertiary/aromatic N) is 2. The van der Waals surface area contributed by atoms with Gasteiger partial charge in [-0.15, -0.1) is 0 Å². The molecule has 6 heteroatoms. The number of aromatic nitrogens is 2. The van der Waals surface area contributed by atoms with E-state index in [1.807, 2.05) is 0 Å². The smallest absolute Gasteiger partial charge is 0.266 e. The van der Waals surface area contributed by atoms with Gasteiger partial charge in [0.05, 0.1) is 6.20 Å². The molecule has 0 saturated heterocycles. The highest BCUT2D eigenvalue weighted by atomic mass is 19.1. The SMILES string of the molecule is CN(Cc1cn[nH]c1)C(=O)C(C)(C)Oc1ccc(F)cc1. The number of carbonyl (C=O) groups excluding carboxylic acids is 1. The fraction of sp³-hybridized carbons (Fsp3) is 0.333. The van der Waals surface area contributed by atoms with E-state index in [4.69, 9.17) is 4.74 Å². The molecule has 0 bridgehead atoms. The Morgan fingerprint density at radius 2 is 2.05 bits per heavy atom. The molecule has 0 aliphatic heterocycles. The molecule has 0 spiro atoms. The zero-order chi connectivity index (χ0) is 15.5. The van der Waals surface area contributed by atoms with Crippen LogP contribution in [-0.4, -0.2) is 33.7 Å². The molecule has 0 unspecified atom stereocenters. The molecule has 0 saturated carbocycles. The Hall–Kier alpha value is -2.37. The minimum atomic E-state index is -1.05. The number of amides is 1. The molecule has 0 radical (unpaired) electrons. The summed E-state index contributed by atoms with van der Waals surface area (Å²) < 4.78 is 18.6. The van der Waals surface area contributed by atoms with Gasteiger partial charge >= 0.3 is 0 Å². The second-order valence-corrected chi connectivity index (χ2v) is 5.33. The van der Waals surface area contributed by atoms with Crippen LogP contribution in [0, 0.1) is 5.82 Å². The number of ether oxygens (including phenoxy) is 1. The van der Waals surface area contributed by atoms with Crippen LogP contribution in [0.1, 0.15) is 19.4 Å². The molecule has 0 fully saturated rings. The highest BCUT2D eigenvalue weighted by Crippen LogP contribution is 2.21. The first-order valence-electron chi connectivity index (χ1n) is 6.56. The lowest BCUT2D eigenvalue weighted by atomic mass is 10.1. The Bertz CT molecular complexity index is 594. The van der Waals surface area contributed by atoms with Crippen LogP contribution >= 0.6 is 0 Å². The number of halogens is 1. The molecule has 1 N–H and O–H groups in total. The van der Waals surface area contributed by atoms with Crippen molar-refractivity contribution in [3.8, 4) is 5.75 Å². The van der Waals surface area contributed by atoms with Crippen molar-refractivity contribution < 1.29 is 13.9 Å². The number of aromatic amines is 1.